The van der Waals surface area contributed by atoms with Gasteiger partial charge in [-0.25, -0.2) is 18.1 Å². The number of anilines is 1. The third-order valence-corrected chi connectivity index (χ3v) is 9.40. The predicted octanol–water partition coefficient (Wildman–Crippen LogP) is 1.67. The lowest BCUT2D eigenvalue weighted by Gasteiger charge is -2.35. The van der Waals surface area contributed by atoms with Crippen molar-refractivity contribution in [1.29, 1.82) is 0 Å². The van der Waals surface area contributed by atoms with Gasteiger partial charge in [-0.1, -0.05) is 17.7 Å². The van der Waals surface area contributed by atoms with Crippen LogP contribution in [0.2, 0.25) is 0 Å². The summed E-state index contributed by atoms with van der Waals surface area (Å²) in [6, 6.07) is 10.5. The molecular weight excluding hydrogens is 518 g/mol. The van der Waals surface area contributed by atoms with Crippen LogP contribution in [0.1, 0.15) is 24.0 Å². The average molecular weight is 550 g/mol. The first-order chi connectivity index (χ1) is 18.7. The number of aromatic nitrogens is 4. The van der Waals surface area contributed by atoms with E-state index in [0.717, 1.165) is 44.0 Å². The van der Waals surface area contributed by atoms with E-state index in [9.17, 15) is 18.0 Å². The van der Waals surface area contributed by atoms with Gasteiger partial charge in [0, 0.05) is 38.4 Å². The van der Waals surface area contributed by atoms with Gasteiger partial charge in [0.1, 0.15) is 0 Å². The predicted molar refractivity (Wildman–Crippen MR) is 147 cm³/mol. The summed E-state index contributed by atoms with van der Waals surface area (Å²) >= 11 is 0. The highest BCUT2D eigenvalue weighted by Gasteiger charge is 2.28. The number of carbonyl (C=O) groups is 1. The first-order valence-corrected chi connectivity index (χ1v) is 14.7. The van der Waals surface area contributed by atoms with Gasteiger partial charge in [0.25, 0.3) is 5.56 Å². The SMILES string of the molecule is Cc1ccc(S(=O)(=O)c2n[nH]n3c2nc(=O)c2ccc(N4CCN(CC(=O)NCC5CC5)CC4)cc23)c(C)c1. The molecule has 0 spiro atoms. The Morgan fingerprint density at radius 3 is 2.56 bits per heavy atom. The number of aromatic amines is 1. The summed E-state index contributed by atoms with van der Waals surface area (Å²) in [5.74, 6) is 0.729. The molecule has 39 heavy (non-hydrogen) atoms. The second kappa shape index (κ2) is 9.76. The van der Waals surface area contributed by atoms with E-state index in [4.69, 9.17) is 0 Å². The number of nitrogens with zero attached hydrogens (tertiary/aromatic N) is 5. The van der Waals surface area contributed by atoms with Crippen LogP contribution in [0, 0.1) is 19.8 Å². The first-order valence-electron chi connectivity index (χ1n) is 13.2. The van der Waals surface area contributed by atoms with Crippen molar-refractivity contribution in [1.82, 2.24) is 30.0 Å². The maximum Gasteiger partial charge on any atom is 0.281 e. The van der Waals surface area contributed by atoms with E-state index in [1.54, 1.807) is 31.2 Å². The van der Waals surface area contributed by atoms with Gasteiger partial charge < -0.3 is 10.2 Å². The summed E-state index contributed by atoms with van der Waals surface area (Å²) in [4.78, 5) is 33.7. The summed E-state index contributed by atoms with van der Waals surface area (Å²) in [6.45, 7) is 7.72. The molecule has 1 saturated carbocycles. The van der Waals surface area contributed by atoms with Crippen LogP contribution in [0.15, 0.2) is 51.1 Å². The molecule has 1 saturated heterocycles. The van der Waals surface area contributed by atoms with Crippen molar-refractivity contribution in [3.8, 4) is 0 Å². The number of hydrogen-bond acceptors (Lipinski definition) is 8. The van der Waals surface area contributed by atoms with E-state index >= 15 is 0 Å². The van der Waals surface area contributed by atoms with Crippen molar-refractivity contribution in [2.75, 3.05) is 44.2 Å². The molecule has 2 fully saturated rings. The lowest BCUT2D eigenvalue weighted by Crippen LogP contribution is -2.49. The summed E-state index contributed by atoms with van der Waals surface area (Å²) in [5, 5.41) is 9.96. The molecule has 12 heteroatoms. The quantitative estimate of drug-likeness (QED) is 0.356. The Balaban J connectivity index is 1.27. The molecule has 1 aliphatic carbocycles. The Morgan fingerprint density at radius 2 is 1.85 bits per heavy atom. The molecule has 0 atom stereocenters. The molecule has 0 unspecified atom stereocenters. The minimum absolute atomic E-state index is 0.0355. The van der Waals surface area contributed by atoms with E-state index in [0.29, 0.717) is 28.9 Å². The van der Waals surface area contributed by atoms with Crippen molar-refractivity contribution >= 4 is 38.0 Å². The molecule has 2 aliphatic rings. The molecule has 204 valence electrons. The zero-order valence-electron chi connectivity index (χ0n) is 22.0. The zero-order chi connectivity index (χ0) is 27.3. The normalized spacial score (nSPS) is 16.7. The number of rotatable bonds is 7. The highest BCUT2D eigenvalue weighted by molar-refractivity contribution is 7.91. The Bertz CT molecular complexity index is 1750. The number of carbonyl (C=O) groups excluding carboxylic acids is 1. The van der Waals surface area contributed by atoms with E-state index in [2.05, 4.69) is 30.4 Å². The number of piperazine rings is 1. The van der Waals surface area contributed by atoms with E-state index in [-0.39, 0.29) is 21.5 Å². The highest BCUT2D eigenvalue weighted by Crippen LogP contribution is 2.28. The van der Waals surface area contributed by atoms with E-state index in [1.807, 2.05) is 19.1 Å². The number of fused-ring (bicyclic) bond motifs is 3. The summed E-state index contributed by atoms with van der Waals surface area (Å²) < 4.78 is 28.5. The molecule has 4 aromatic rings. The number of benzene rings is 2. The lowest BCUT2D eigenvalue weighted by molar-refractivity contribution is -0.122. The molecule has 2 N–H and O–H groups in total. The van der Waals surface area contributed by atoms with Gasteiger partial charge in [-0.05, 0) is 62.4 Å². The fourth-order valence-electron chi connectivity index (χ4n) is 5.18. The Labute approximate surface area is 225 Å². The maximum atomic E-state index is 13.5. The fraction of sp³-hybridized carbons (Fsp3) is 0.407. The summed E-state index contributed by atoms with van der Waals surface area (Å²) in [7, 11) is -4.02. The number of amides is 1. The van der Waals surface area contributed by atoms with Crippen LogP contribution in [0.5, 0.6) is 0 Å². The molecule has 3 heterocycles. The van der Waals surface area contributed by atoms with Gasteiger partial charge in [0.15, 0.2) is 5.65 Å². The van der Waals surface area contributed by atoms with Crippen molar-refractivity contribution in [3.05, 3.63) is 57.9 Å². The maximum absolute atomic E-state index is 13.5. The number of H-pyrrole nitrogens is 1. The van der Waals surface area contributed by atoms with Crippen LogP contribution in [0.3, 0.4) is 0 Å². The zero-order valence-corrected chi connectivity index (χ0v) is 22.8. The van der Waals surface area contributed by atoms with Gasteiger partial charge in [-0.15, -0.1) is 5.10 Å². The second-order valence-electron chi connectivity index (χ2n) is 10.6. The topological polar surface area (TPSA) is 133 Å². The van der Waals surface area contributed by atoms with Gasteiger partial charge in [-0.3, -0.25) is 14.5 Å². The first kappa shape index (κ1) is 25.5. The number of hydrogen-bond donors (Lipinski definition) is 2. The molecular formula is C27H31N7O4S. The fourth-order valence-corrected chi connectivity index (χ4v) is 6.66. The molecule has 0 bridgehead atoms. The minimum atomic E-state index is -4.02. The smallest absolute Gasteiger partial charge is 0.281 e. The standard InChI is InChI=1S/C27H31N7O4S/c1-17-3-8-23(18(2)13-17)39(37,38)27-25-29-26(36)21-7-6-20(14-22(21)34(25)31-30-27)33-11-9-32(10-12-33)16-24(35)28-15-19-4-5-19/h3,6-8,13-14,19,31H,4-5,9-12,15-16H2,1-2H3,(H,28,35). The molecule has 2 aromatic heterocycles. The average Bonchev–Trinajstić information content (AvgIpc) is 3.64. The van der Waals surface area contributed by atoms with Crippen molar-refractivity contribution in [2.45, 2.75) is 36.6 Å². The van der Waals surface area contributed by atoms with Gasteiger partial charge in [0.2, 0.25) is 20.8 Å². The highest BCUT2D eigenvalue weighted by atomic mass is 32.2. The molecule has 6 rings (SSSR count). The molecule has 0 radical (unpaired) electrons. The Morgan fingerprint density at radius 1 is 1.08 bits per heavy atom. The minimum Gasteiger partial charge on any atom is -0.369 e. The van der Waals surface area contributed by atoms with Crippen LogP contribution < -0.4 is 15.8 Å². The van der Waals surface area contributed by atoms with Crippen LogP contribution >= 0.6 is 0 Å². The van der Waals surface area contributed by atoms with Gasteiger partial charge in [0.05, 0.1) is 22.3 Å². The van der Waals surface area contributed by atoms with Crippen molar-refractivity contribution < 1.29 is 13.2 Å². The number of aryl methyl sites for hydroxylation is 2. The Hall–Kier alpha value is -3.77. The third-order valence-electron chi connectivity index (χ3n) is 7.58. The number of nitrogens with one attached hydrogen (secondary N) is 2. The van der Waals surface area contributed by atoms with Crippen molar-refractivity contribution in [3.63, 3.8) is 0 Å². The summed E-state index contributed by atoms with van der Waals surface area (Å²) in [5.41, 5.74) is 2.39. The largest absolute Gasteiger partial charge is 0.369 e. The van der Waals surface area contributed by atoms with Crippen LogP contribution in [0.25, 0.3) is 16.6 Å². The second-order valence-corrected chi connectivity index (χ2v) is 12.4. The molecule has 1 aliphatic heterocycles. The van der Waals surface area contributed by atoms with Gasteiger partial charge >= 0.3 is 0 Å². The van der Waals surface area contributed by atoms with Crippen LogP contribution in [-0.4, -0.2) is 78.3 Å². The number of sulfone groups is 1. The molecule has 2 aromatic carbocycles. The monoisotopic (exact) mass is 549 g/mol. The molecule has 1 amide bonds. The third kappa shape index (κ3) is 4.89. The van der Waals surface area contributed by atoms with Crippen LogP contribution in [-0.2, 0) is 14.6 Å². The van der Waals surface area contributed by atoms with E-state index in [1.165, 1.54) is 17.4 Å². The summed E-state index contributed by atoms with van der Waals surface area (Å²) in [6.07, 6.45) is 2.42. The van der Waals surface area contributed by atoms with Crippen LogP contribution in [0.4, 0.5) is 5.69 Å². The molecule has 11 nitrogen and oxygen atoms in total. The Kier molecular flexibility index (Phi) is 6.38. The lowest BCUT2D eigenvalue weighted by atomic mass is 10.2. The van der Waals surface area contributed by atoms with Crippen molar-refractivity contribution in [2.24, 2.45) is 5.92 Å². The van der Waals surface area contributed by atoms with Gasteiger partial charge in [-0.2, -0.15) is 4.98 Å². The van der Waals surface area contributed by atoms with E-state index < -0.39 is 15.4 Å².